The standard InChI is InChI=1S/C22H27N6/c1-4-23-22(24-5-2)26-25-15-8-9-18-11-13-19(14-12-18)20-17-28-16-7-6-10-21(28)27(20)3/h6-17H,4-5H2,1-3H3,(H2,23,24,26)/q+1/b9-8+,25-15+. The van der Waals surface area contributed by atoms with E-state index < -0.39 is 0 Å². The van der Waals surface area contributed by atoms with Gasteiger partial charge < -0.3 is 5.32 Å². The highest BCUT2D eigenvalue weighted by Crippen LogP contribution is 2.20. The molecule has 28 heavy (non-hydrogen) atoms. The summed E-state index contributed by atoms with van der Waals surface area (Å²) in [5.41, 5.74) is 7.56. The molecule has 6 nitrogen and oxygen atoms in total. The molecule has 2 heterocycles. The first-order valence-corrected chi connectivity index (χ1v) is 9.53. The summed E-state index contributed by atoms with van der Waals surface area (Å²) < 4.78 is 4.33. The first kappa shape index (κ1) is 19.4. The highest BCUT2D eigenvalue weighted by atomic mass is 15.4. The minimum absolute atomic E-state index is 0.687. The molecule has 2 N–H and O–H groups in total. The zero-order valence-electron chi connectivity index (χ0n) is 16.6. The molecule has 0 unspecified atom stereocenters. The van der Waals surface area contributed by atoms with Crippen molar-refractivity contribution in [3.05, 3.63) is 66.5 Å². The minimum atomic E-state index is 0.687. The van der Waals surface area contributed by atoms with Crippen LogP contribution in [0.25, 0.3) is 23.0 Å². The van der Waals surface area contributed by atoms with Gasteiger partial charge in [0.15, 0.2) is 5.69 Å². The second-order valence-electron chi connectivity index (χ2n) is 6.26. The highest BCUT2D eigenvalue weighted by molar-refractivity contribution is 5.83. The van der Waals surface area contributed by atoms with Crippen molar-refractivity contribution >= 4 is 23.9 Å². The Hall–Kier alpha value is -3.41. The Labute approximate surface area is 165 Å². The second-order valence-corrected chi connectivity index (χ2v) is 6.26. The Kier molecular flexibility index (Phi) is 6.57. The first-order valence-electron chi connectivity index (χ1n) is 9.53. The Morgan fingerprint density at radius 3 is 2.68 bits per heavy atom. The molecule has 3 rings (SSSR count). The summed E-state index contributed by atoms with van der Waals surface area (Å²) >= 11 is 0. The number of hydrazone groups is 1. The smallest absolute Gasteiger partial charge is 0.286 e. The number of allylic oxidation sites excluding steroid dienone is 1. The van der Waals surface area contributed by atoms with Gasteiger partial charge in [-0.25, -0.2) is 14.4 Å². The van der Waals surface area contributed by atoms with E-state index in [0.29, 0.717) is 12.5 Å². The molecule has 0 atom stereocenters. The number of pyridine rings is 1. The number of benzene rings is 1. The number of fused-ring (bicyclic) bond motifs is 1. The van der Waals surface area contributed by atoms with Gasteiger partial charge in [-0.05, 0) is 43.7 Å². The van der Waals surface area contributed by atoms with Crippen LogP contribution in [0.15, 0.2) is 71.0 Å². The van der Waals surface area contributed by atoms with Crippen LogP contribution in [0.1, 0.15) is 19.4 Å². The average molecular weight is 376 g/mol. The number of hydrogen-bond donors (Lipinski definition) is 2. The molecule has 3 aromatic rings. The molecule has 0 saturated heterocycles. The largest absolute Gasteiger partial charge is 0.355 e. The van der Waals surface area contributed by atoms with E-state index in [2.05, 4.69) is 85.6 Å². The van der Waals surface area contributed by atoms with Crippen molar-refractivity contribution in [2.45, 2.75) is 13.8 Å². The second kappa shape index (κ2) is 9.50. The average Bonchev–Trinajstić information content (AvgIpc) is 3.05. The molecule has 0 aliphatic rings. The van der Waals surface area contributed by atoms with Crippen LogP contribution >= 0.6 is 0 Å². The van der Waals surface area contributed by atoms with Crippen molar-refractivity contribution in [3.8, 4) is 11.3 Å². The Balaban J connectivity index is 1.65. The summed E-state index contributed by atoms with van der Waals surface area (Å²) in [6.07, 6.45) is 9.87. The molecule has 0 fully saturated rings. The van der Waals surface area contributed by atoms with Crippen LogP contribution in [0.2, 0.25) is 0 Å². The predicted octanol–water partition coefficient (Wildman–Crippen LogP) is 3.00. The van der Waals surface area contributed by atoms with Crippen molar-refractivity contribution in [3.63, 3.8) is 0 Å². The molecule has 1 aromatic carbocycles. The van der Waals surface area contributed by atoms with Crippen LogP contribution in [0, 0.1) is 0 Å². The first-order chi connectivity index (χ1) is 13.7. The molecule has 144 valence electrons. The monoisotopic (exact) mass is 375 g/mol. The summed E-state index contributed by atoms with van der Waals surface area (Å²) in [7, 11) is 2.09. The van der Waals surface area contributed by atoms with Gasteiger partial charge >= 0.3 is 0 Å². The summed E-state index contributed by atoms with van der Waals surface area (Å²) in [6, 6.07) is 14.7. The molecule has 6 heteroatoms. The van der Waals surface area contributed by atoms with Gasteiger partial charge in [0.1, 0.15) is 6.20 Å². The number of aryl methyl sites for hydroxylation is 1. The van der Waals surface area contributed by atoms with E-state index >= 15 is 0 Å². The summed E-state index contributed by atoms with van der Waals surface area (Å²) in [5, 5.41) is 7.29. The number of rotatable bonds is 6. The van der Waals surface area contributed by atoms with E-state index in [-0.39, 0.29) is 0 Å². The lowest BCUT2D eigenvalue weighted by molar-refractivity contribution is -0.510. The molecule has 0 saturated carbocycles. The Bertz CT molecular complexity index is 996. The lowest BCUT2D eigenvalue weighted by atomic mass is 10.1. The van der Waals surface area contributed by atoms with Gasteiger partial charge in [-0.1, -0.05) is 24.3 Å². The quantitative estimate of drug-likeness (QED) is 0.301. The molecule has 2 aromatic heterocycles. The van der Waals surface area contributed by atoms with Gasteiger partial charge in [0.05, 0.1) is 13.2 Å². The van der Waals surface area contributed by atoms with E-state index in [9.17, 15) is 0 Å². The van der Waals surface area contributed by atoms with Crippen LogP contribution < -0.4 is 15.1 Å². The Morgan fingerprint density at radius 1 is 1.14 bits per heavy atom. The zero-order valence-corrected chi connectivity index (χ0v) is 16.6. The van der Waals surface area contributed by atoms with Gasteiger partial charge in [0.2, 0.25) is 5.96 Å². The summed E-state index contributed by atoms with van der Waals surface area (Å²) in [5.74, 6) is 0.687. The maximum Gasteiger partial charge on any atom is 0.286 e. The van der Waals surface area contributed by atoms with Crippen LogP contribution in [-0.4, -0.2) is 29.8 Å². The van der Waals surface area contributed by atoms with E-state index in [1.807, 2.05) is 32.1 Å². The van der Waals surface area contributed by atoms with Crippen LogP contribution in [0.5, 0.6) is 0 Å². The number of nitrogens with zero attached hydrogens (tertiary/aromatic N) is 4. The van der Waals surface area contributed by atoms with Crippen molar-refractivity contribution in [2.75, 3.05) is 13.1 Å². The molecular weight excluding hydrogens is 348 g/mol. The summed E-state index contributed by atoms with van der Waals surface area (Å²) in [6.45, 7) is 5.53. The van der Waals surface area contributed by atoms with Crippen molar-refractivity contribution in [2.24, 2.45) is 17.1 Å². The van der Waals surface area contributed by atoms with Crippen molar-refractivity contribution in [1.29, 1.82) is 0 Å². The molecule has 0 aliphatic carbocycles. The fourth-order valence-corrected chi connectivity index (χ4v) is 2.97. The third-order valence-electron chi connectivity index (χ3n) is 4.32. The minimum Gasteiger partial charge on any atom is -0.355 e. The summed E-state index contributed by atoms with van der Waals surface area (Å²) in [4.78, 5) is 4.28. The number of nitrogens with one attached hydrogen (secondary N) is 2. The zero-order chi connectivity index (χ0) is 19.8. The van der Waals surface area contributed by atoms with Crippen molar-refractivity contribution < 1.29 is 4.40 Å². The van der Waals surface area contributed by atoms with Gasteiger partial charge in [0.25, 0.3) is 5.65 Å². The number of hydrogen-bond acceptors (Lipinski definition) is 2. The van der Waals surface area contributed by atoms with Gasteiger partial charge in [-0.3, -0.25) is 4.99 Å². The lowest BCUT2D eigenvalue weighted by Crippen LogP contribution is -2.34. The van der Waals surface area contributed by atoms with Crippen LogP contribution in [-0.2, 0) is 7.05 Å². The van der Waals surface area contributed by atoms with E-state index in [4.69, 9.17) is 0 Å². The Morgan fingerprint density at radius 2 is 1.96 bits per heavy atom. The maximum atomic E-state index is 4.28. The normalized spacial score (nSPS) is 12.3. The van der Waals surface area contributed by atoms with E-state index in [1.54, 1.807) is 6.21 Å². The number of aliphatic imine (C=N–C) groups is 1. The molecule has 0 aliphatic heterocycles. The molecule has 0 bridgehead atoms. The van der Waals surface area contributed by atoms with Gasteiger partial charge in [0, 0.05) is 30.9 Å². The predicted molar refractivity (Wildman–Crippen MR) is 116 cm³/mol. The highest BCUT2D eigenvalue weighted by Gasteiger charge is 2.14. The molecule has 0 amide bonds. The van der Waals surface area contributed by atoms with E-state index in [1.165, 1.54) is 11.3 Å². The number of guanidine groups is 1. The third kappa shape index (κ3) is 4.65. The van der Waals surface area contributed by atoms with Crippen LogP contribution in [0.4, 0.5) is 0 Å². The number of imidazole rings is 1. The van der Waals surface area contributed by atoms with Gasteiger partial charge in [-0.15, -0.1) is 0 Å². The number of aromatic nitrogens is 2. The molecule has 0 spiro atoms. The molecule has 0 radical (unpaired) electrons. The maximum absolute atomic E-state index is 4.28. The van der Waals surface area contributed by atoms with Crippen molar-refractivity contribution in [1.82, 2.24) is 15.3 Å². The van der Waals surface area contributed by atoms with Gasteiger partial charge in [-0.2, -0.15) is 5.10 Å². The lowest BCUT2D eigenvalue weighted by Gasteiger charge is -2.05. The fraction of sp³-hybridized carbons (Fsp3) is 0.227. The topological polar surface area (TPSA) is 57.8 Å². The fourth-order valence-electron chi connectivity index (χ4n) is 2.97. The molecular formula is C22H27N6+. The van der Waals surface area contributed by atoms with E-state index in [0.717, 1.165) is 17.8 Å². The SMILES string of the molecule is CCN=C(NCC)N/N=C/C=C/c1ccc(-c2c[n+]3ccccc3n2C)cc1. The third-order valence-corrected chi connectivity index (χ3v) is 4.32. The van der Waals surface area contributed by atoms with Crippen LogP contribution in [0.3, 0.4) is 0 Å².